The lowest BCUT2D eigenvalue weighted by Gasteiger charge is -2.11. The molecular weight excluding hydrogens is 278 g/mol. The number of benzene rings is 1. The molecule has 116 valence electrons. The Hall–Kier alpha value is -2.07. The third-order valence-corrected chi connectivity index (χ3v) is 4.21. The van der Waals surface area contributed by atoms with Gasteiger partial charge in [0, 0.05) is 13.7 Å². The van der Waals surface area contributed by atoms with E-state index in [1.165, 1.54) is 17.5 Å². The van der Waals surface area contributed by atoms with Crippen LogP contribution in [0.4, 0.5) is 0 Å². The summed E-state index contributed by atoms with van der Waals surface area (Å²) in [5, 5.41) is 2.94. The van der Waals surface area contributed by atoms with Gasteiger partial charge < -0.3 is 14.5 Å². The fourth-order valence-electron chi connectivity index (χ4n) is 3.11. The lowest BCUT2D eigenvalue weighted by molar-refractivity contribution is 0.0916. The van der Waals surface area contributed by atoms with Crippen LogP contribution in [0.1, 0.15) is 46.2 Å². The highest BCUT2D eigenvalue weighted by molar-refractivity contribution is 5.91. The van der Waals surface area contributed by atoms with Gasteiger partial charge in [-0.3, -0.25) is 4.79 Å². The zero-order valence-corrected chi connectivity index (χ0v) is 12.8. The number of nitrogens with one attached hydrogen (secondary N) is 1. The zero-order valence-electron chi connectivity index (χ0n) is 12.8. The SMILES string of the molecule is COCc1ccc(C(=O)NCCC2CCc3ccccc32)o1. The van der Waals surface area contributed by atoms with Crippen LogP contribution in [0.2, 0.25) is 0 Å². The number of amides is 1. The van der Waals surface area contributed by atoms with E-state index in [2.05, 4.69) is 29.6 Å². The Bertz CT molecular complexity index is 647. The highest BCUT2D eigenvalue weighted by atomic mass is 16.5. The number of hydrogen-bond acceptors (Lipinski definition) is 3. The molecule has 1 N–H and O–H groups in total. The summed E-state index contributed by atoms with van der Waals surface area (Å²) in [6.07, 6.45) is 3.29. The summed E-state index contributed by atoms with van der Waals surface area (Å²) < 4.78 is 10.4. The summed E-state index contributed by atoms with van der Waals surface area (Å²) in [6.45, 7) is 1.05. The molecule has 0 bridgehead atoms. The molecule has 1 atom stereocenters. The van der Waals surface area contributed by atoms with Crippen molar-refractivity contribution in [3.8, 4) is 0 Å². The molecule has 1 amide bonds. The normalized spacial score (nSPS) is 16.5. The number of aryl methyl sites for hydroxylation is 1. The van der Waals surface area contributed by atoms with E-state index in [0.717, 1.165) is 12.8 Å². The molecule has 1 aliphatic rings. The summed E-state index contributed by atoms with van der Waals surface area (Å²) in [6, 6.07) is 12.1. The van der Waals surface area contributed by atoms with E-state index < -0.39 is 0 Å². The minimum absolute atomic E-state index is 0.159. The molecule has 1 aromatic carbocycles. The molecule has 1 heterocycles. The number of rotatable bonds is 6. The molecule has 2 aromatic rings. The van der Waals surface area contributed by atoms with Crippen molar-refractivity contribution in [1.82, 2.24) is 5.32 Å². The van der Waals surface area contributed by atoms with E-state index in [0.29, 0.717) is 30.6 Å². The van der Waals surface area contributed by atoms with Crippen LogP contribution in [0.25, 0.3) is 0 Å². The number of methoxy groups -OCH3 is 1. The summed E-state index contributed by atoms with van der Waals surface area (Å²) in [5.41, 5.74) is 2.89. The number of hydrogen-bond donors (Lipinski definition) is 1. The Labute approximate surface area is 130 Å². The van der Waals surface area contributed by atoms with Gasteiger partial charge in [0.2, 0.25) is 0 Å². The average Bonchev–Trinajstić information content (AvgIpc) is 3.15. The third-order valence-electron chi connectivity index (χ3n) is 4.21. The van der Waals surface area contributed by atoms with Crippen LogP contribution in [0.5, 0.6) is 0 Å². The predicted molar refractivity (Wildman–Crippen MR) is 83.9 cm³/mol. The Morgan fingerprint density at radius 1 is 1.32 bits per heavy atom. The Balaban J connectivity index is 1.50. The van der Waals surface area contributed by atoms with Crippen LogP contribution in [-0.2, 0) is 17.8 Å². The van der Waals surface area contributed by atoms with E-state index in [1.54, 1.807) is 19.2 Å². The molecule has 0 fully saturated rings. The minimum Gasteiger partial charge on any atom is -0.453 e. The van der Waals surface area contributed by atoms with Gasteiger partial charge in [0.05, 0.1) is 0 Å². The number of fused-ring (bicyclic) bond motifs is 1. The summed E-state index contributed by atoms with van der Waals surface area (Å²) in [7, 11) is 1.60. The summed E-state index contributed by atoms with van der Waals surface area (Å²) >= 11 is 0. The van der Waals surface area contributed by atoms with Crippen LogP contribution in [0, 0.1) is 0 Å². The number of carbonyl (C=O) groups excluding carboxylic acids is 1. The van der Waals surface area contributed by atoms with Crippen molar-refractivity contribution in [3.63, 3.8) is 0 Å². The third kappa shape index (κ3) is 3.22. The van der Waals surface area contributed by atoms with Crippen LogP contribution in [-0.4, -0.2) is 19.6 Å². The summed E-state index contributed by atoms with van der Waals surface area (Å²) in [5.74, 6) is 1.40. The smallest absolute Gasteiger partial charge is 0.286 e. The van der Waals surface area contributed by atoms with Gasteiger partial charge in [0.25, 0.3) is 5.91 Å². The highest BCUT2D eigenvalue weighted by Gasteiger charge is 2.21. The van der Waals surface area contributed by atoms with Crippen LogP contribution >= 0.6 is 0 Å². The second-order valence-electron chi connectivity index (χ2n) is 5.68. The maximum Gasteiger partial charge on any atom is 0.286 e. The van der Waals surface area contributed by atoms with E-state index in [9.17, 15) is 4.79 Å². The molecule has 3 rings (SSSR count). The van der Waals surface area contributed by atoms with Gasteiger partial charge in [0.1, 0.15) is 12.4 Å². The van der Waals surface area contributed by atoms with Crippen molar-refractivity contribution in [2.45, 2.75) is 31.8 Å². The quantitative estimate of drug-likeness (QED) is 0.890. The maximum atomic E-state index is 12.0. The molecule has 0 spiro atoms. The van der Waals surface area contributed by atoms with Crippen molar-refractivity contribution in [2.75, 3.05) is 13.7 Å². The molecule has 0 saturated carbocycles. The van der Waals surface area contributed by atoms with E-state index in [4.69, 9.17) is 9.15 Å². The fraction of sp³-hybridized carbons (Fsp3) is 0.389. The zero-order chi connectivity index (χ0) is 15.4. The van der Waals surface area contributed by atoms with Crippen molar-refractivity contribution < 1.29 is 13.9 Å². The van der Waals surface area contributed by atoms with Crippen molar-refractivity contribution >= 4 is 5.91 Å². The second-order valence-corrected chi connectivity index (χ2v) is 5.68. The van der Waals surface area contributed by atoms with Crippen LogP contribution in [0.3, 0.4) is 0 Å². The van der Waals surface area contributed by atoms with Gasteiger partial charge in [0.15, 0.2) is 5.76 Å². The first-order chi connectivity index (χ1) is 10.8. The molecule has 4 nitrogen and oxygen atoms in total. The topological polar surface area (TPSA) is 51.5 Å². The fourth-order valence-corrected chi connectivity index (χ4v) is 3.11. The molecule has 0 radical (unpaired) electrons. The maximum absolute atomic E-state index is 12.0. The van der Waals surface area contributed by atoms with Gasteiger partial charge in [-0.1, -0.05) is 24.3 Å². The van der Waals surface area contributed by atoms with Gasteiger partial charge in [-0.2, -0.15) is 0 Å². The lowest BCUT2D eigenvalue weighted by Crippen LogP contribution is -2.25. The molecule has 0 aliphatic heterocycles. The monoisotopic (exact) mass is 299 g/mol. The van der Waals surface area contributed by atoms with Gasteiger partial charge in [-0.05, 0) is 48.4 Å². The number of furan rings is 1. The van der Waals surface area contributed by atoms with Crippen molar-refractivity contribution in [1.29, 1.82) is 0 Å². The number of ether oxygens (including phenoxy) is 1. The highest BCUT2D eigenvalue weighted by Crippen LogP contribution is 2.34. The largest absolute Gasteiger partial charge is 0.453 e. The first-order valence-corrected chi connectivity index (χ1v) is 7.71. The van der Waals surface area contributed by atoms with E-state index in [1.807, 2.05) is 0 Å². The Kier molecular flexibility index (Phi) is 4.59. The van der Waals surface area contributed by atoms with Gasteiger partial charge in [-0.15, -0.1) is 0 Å². The van der Waals surface area contributed by atoms with Crippen molar-refractivity contribution in [3.05, 3.63) is 59.0 Å². The van der Waals surface area contributed by atoms with Gasteiger partial charge in [-0.25, -0.2) is 0 Å². The number of carbonyl (C=O) groups is 1. The Morgan fingerprint density at radius 2 is 2.18 bits per heavy atom. The predicted octanol–water partition coefficient (Wildman–Crippen LogP) is 3.28. The van der Waals surface area contributed by atoms with E-state index in [-0.39, 0.29) is 5.91 Å². The molecule has 1 unspecified atom stereocenters. The molecule has 0 saturated heterocycles. The molecule has 1 aliphatic carbocycles. The molecule has 4 heteroatoms. The lowest BCUT2D eigenvalue weighted by atomic mass is 9.98. The first kappa shape index (κ1) is 14.9. The minimum atomic E-state index is -0.159. The molecular formula is C18H21NO3. The van der Waals surface area contributed by atoms with Gasteiger partial charge >= 0.3 is 0 Å². The molecule has 22 heavy (non-hydrogen) atoms. The van der Waals surface area contributed by atoms with Crippen LogP contribution in [0.15, 0.2) is 40.8 Å². The molecule has 1 aromatic heterocycles. The summed E-state index contributed by atoms with van der Waals surface area (Å²) in [4.78, 5) is 12.0. The van der Waals surface area contributed by atoms with Crippen molar-refractivity contribution in [2.24, 2.45) is 0 Å². The first-order valence-electron chi connectivity index (χ1n) is 7.71. The average molecular weight is 299 g/mol. The standard InChI is InChI=1S/C18H21NO3/c1-21-12-15-8-9-17(22-15)18(20)19-11-10-14-7-6-13-4-2-3-5-16(13)14/h2-5,8-9,14H,6-7,10-12H2,1H3,(H,19,20). The van der Waals surface area contributed by atoms with Crippen LogP contribution < -0.4 is 5.32 Å². The van der Waals surface area contributed by atoms with E-state index >= 15 is 0 Å². The second kappa shape index (κ2) is 6.79. The Morgan fingerprint density at radius 3 is 3.05 bits per heavy atom.